The largest absolute Gasteiger partial charge is 0.394 e. The van der Waals surface area contributed by atoms with E-state index in [9.17, 15) is 9.90 Å². The van der Waals surface area contributed by atoms with Crippen LogP contribution in [0.3, 0.4) is 0 Å². The van der Waals surface area contributed by atoms with Gasteiger partial charge in [0.05, 0.1) is 24.9 Å². The number of aliphatic hydroxyl groups is 1. The van der Waals surface area contributed by atoms with Crippen LogP contribution in [0.1, 0.15) is 11.1 Å². The first-order valence-electron chi connectivity index (χ1n) is 5.72. The van der Waals surface area contributed by atoms with Gasteiger partial charge in [-0.15, -0.1) is 0 Å². The van der Waals surface area contributed by atoms with Crippen molar-refractivity contribution in [2.75, 3.05) is 24.7 Å². The molecule has 0 saturated carbocycles. The third-order valence-corrected chi connectivity index (χ3v) is 3.06. The number of para-hydroxylation sites is 1. The maximum atomic E-state index is 12.0. The summed E-state index contributed by atoms with van der Waals surface area (Å²) in [5.41, 5.74) is 2.98. The number of aliphatic hydroxyl groups excluding tert-OH is 1. The maximum absolute atomic E-state index is 12.0. The Morgan fingerprint density at radius 3 is 2.65 bits per heavy atom. The van der Waals surface area contributed by atoms with Crippen LogP contribution in [0.5, 0.6) is 0 Å². The lowest BCUT2D eigenvalue weighted by Crippen LogP contribution is -2.52. The summed E-state index contributed by atoms with van der Waals surface area (Å²) in [6.45, 7) is 4.33. The summed E-state index contributed by atoms with van der Waals surface area (Å²) >= 11 is 0. The van der Waals surface area contributed by atoms with Crippen molar-refractivity contribution >= 4 is 11.6 Å². The zero-order valence-electron chi connectivity index (χ0n) is 10.1. The second kappa shape index (κ2) is 4.85. The normalized spacial score (nSPS) is 20.8. The Morgan fingerprint density at radius 2 is 2.06 bits per heavy atom. The molecule has 1 heterocycles. The molecule has 0 bridgehead atoms. The topological polar surface area (TPSA) is 49.8 Å². The Kier molecular flexibility index (Phi) is 3.45. The number of aryl methyl sites for hydroxylation is 2. The molecule has 1 aromatic carbocycles. The molecule has 0 spiro atoms. The van der Waals surface area contributed by atoms with E-state index in [0.717, 1.165) is 16.8 Å². The van der Waals surface area contributed by atoms with Crippen LogP contribution in [0.2, 0.25) is 0 Å². The van der Waals surface area contributed by atoms with Crippen LogP contribution < -0.4 is 4.90 Å². The van der Waals surface area contributed by atoms with Crippen LogP contribution in [0.15, 0.2) is 18.2 Å². The second-order valence-electron chi connectivity index (χ2n) is 4.36. The van der Waals surface area contributed by atoms with Crippen LogP contribution in [0.4, 0.5) is 5.69 Å². The SMILES string of the molecule is Cc1cccc(C)c1N1C(=O)COCC1CO. The molecule has 0 aliphatic carbocycles. The number of nitrogens with zero attached hydrogens (tertiary/aromatic N) is 1. The predicted molar refractivity (Wildman–Crippen MR) is 65.1 cm³/mol. The Balaban J connectivity index is 2.45. The van der Waals surface area contributed by atoms with Gasteiger partial charge in [0.1, 0.15) is 6.61 Å². The Labute approximate surface area is 101 Å². The number of carbonyl (C=O) groups is 1. The Morgan fingerprint density at radius 1 is 1.41 bits per heavy atom. The number of carbonyl (C=O) groups excluding carboxylic acids is 1. The fourth-order valence-electron chi connectivity index (χ4n) is 2.26. The van der Waals surface area contributed by atoms with Gasteiger partial charge in [-0.1, -0.05) is 18.2 Å². The molecular weight excluding hydrogens is 218 g/mol. The van der Waals surface area contributed by atoms with E-state index >= 15 is 0 Å². The van der Waals surface area contributed by atoms with Crippen molar-refractivity contribution in [1.82, 2.24) is 0 Å². The van der Waals surface area contributed by atoms with E-state index in [1.807, 2.05) is 32.0 Å². The first-order valence-corrected chi connectivity index (χ1v) is 5.72. The van der Waals surface area contributed by atoms with E-state index < -0.39 is 0 Å². The molecule has 92 valence electrons. The molecule has 1 amide bonds. The molecule has 2 rings (SSSR count). The molecule has 1 aliphatic rings. The average Bonchev–Trinajstić information content (AvgIpc) is 2.30. The zero-order valence-corrected chi connectivity index (χ0v) is 10.1. The molecule has 0 radical (unpaired) electrons. The molecule has 1 fully saturated rings. The van der Waals surface area contributed by atoms with Gasteiger partial charge in [0, 0.05) is 0 Å². The summed E-state index contributed by atoms with van der Waals surface area (Å²) in [6.07, 6.45) is 0. The van der Waals surface area contributed by atoms with E-state index in [1.165, 1.54) is 0 Å². The molecule has 1 atom stereocenters. The highest BCUT2D eigenvalue weighted by Gasteiger charge is 2.31. The minimum Gasteiger partial charge on any atom is -0.394 e. The van der Waals surface area contributed by atoms with E-state index in [-0.39, 0.29) is 25.2 Å². The summed E-state index contributed by atoms with van der Waals surface area (Å²) in [7, 11) is 0. The van der Waals surface area contributed by atoms with Gasteiger partial charge in [-0.05, 0) is 25.0 Å². The van der Waals surface area contributed by atoms with Crippen LogP contribution in [0.25, 0.3) is 0 Å². The summed E-state index contributed by atoms with van der Waals surface area (Å²) in [5, 5.41) is 9.35. The Bertz CT molecular complexity index is 410. The van der Waals surface area contributed by atoms with Crippen molar-refractivity contribution < 1.29 is 14.6 Å². The van der Waals surface area contributed by atoms with Gasteiger partial charge in [0.15, 0.2) is 0 Å². The number of ether oxygens (including phenoxy) is 1. The van der Waals surface area contributed by atoms with Gasteiger partial charge in [-0.2, -0.15) is 0 Å². The van der Waals surface area contributed by atoms with E-state index in [4.69, 9.17) is 4.74 Å². The van der Waals surface area contributed by atoms with Crippen molar-refractivity contribution in [3.05, 3.63) is 29.3 Å². The molecule has 4 nitrogen and oxygen atoms in total. The number of morpholine rings is 1. The highest BCUT2D eigenvalue weighted by Crippen LogP contribution is 2.28. The minimum atomic E-state index is -0.281. The van der Waals surface area contributed by atoms with Crippen molar-refractivity contribution in [3.63, 3.8) is 0 Å². The maximum Gasteiger partial charge on any atom is 0.253 e. The number of amides is 1. The average molecular weight is 235 g/mol. The quantitative estimate of drug-likeness (QED) is 0.833. The number of benzene rings is 1. The highest BCUT2D eigenvalue weighted by atomic mass is 16.5. The molecule has 1 N–H and O–H groups in total. The molecule has 1 aliphatic heterocycles. The lowest BCUT2D eigenvalue weighted by atomic mass is 10.1. The first kappa shape index (κ1) is 12.1. The second-order valence-corrected chi connectivity index (χ2v) is 4.36. The first-order chi connectivity index (χ1) is 8.15. The summed E-state index contributed by atoms with van der Waals surface area (Å²) in [5.74, 6) is -0.0901. The zero-order chi connectivity index (χ0) is 12.4. The fraction of sp³-hybridized carbons (Fsp3) is 0.462. The predicted octanol–water partition coefficient (Wildman–Crippen LogP) is 1.03. The molecular formula is C13H17NO3. The van der Waals surface area contributed by atoms with Crippen molar-refractivity contribution in [2.24, 2.45) is 0 Å². The smallest absolute Gasteiger partial charge is 0.253 e. The van der Waals surface area contributed by atoms with Crippen LogP contribution in [-0.2, 0) is 9.53 Å². The van der Waals surface area contributed by atoms with Crippen molar-refractivity contribution in [1.29, 1.82) is 0 Å². The van der Waals surface area contributed by atoms with Gasteiger partial charge in [0.25, 0.3) is 5.91 Å². The van der Waals surface area contributed by atoms with E-state index in [2.05, 4.69) is 0 Å². The monoisotopic (exact) mass is 235 g/mol. The van der Waals surface area contributed by atoms with Crippen molar-refractivity contribution in [2.45, 2.75) is 19.9 Å². The number of rotatable bonds is 2. The molecule has 1 saturated heterocycles. The van der Waals surface area contributed by atoms with Crippen LogP contribution in [0, 0.1) is 13.8 Å². The van der Waals surface area contributed by atoms with Gasteiger partial charge >= 0.3 is 0 Å². The third-order valence-electron chi connectivity index (χ3n) is 3.06. The number of hydrogen-bond donors (Lipinski definition) is 1. The lowest BCUT2D eigenvalue weighted by molar-refractivity contribution is -0.128. The third kappa shape index (κ3) is 2.18. The highest BCUT2D eigenvalue weighted by molar-refractivity contribution is 5.97. The minimum absolute atomic E-state index is 0.0838. The molecule has 1 aromatic rings. The number of hydrogen-bond acceptors (Lipinski definition) is 3. The summed E-state index contributed by atoms with van der Waals surface area (Å²) < 4.78 is 5.17. The van der Waals surface area contributed by atoms with E-state index in [0.29, 0.717) is 6.61 Å². The molecule has 4 heteroatoms. The van der Waals surface area contributed by atoms with Gasteiger partial charge < -0.3 is 14.7 Å². The van der Waals surface area contributed by atoms with Crippen molar-refractivity contribution in [3.8, 4) is 0 Å². The number of anilines is 1. The van der Waals surface area contributed by atoms with Crippen LogP contribution in [-0.4, -0.2) is 36.9 Å². The molecule has 0 aromatic heterocycles. The summed E-state index contributed by atoms with van der Waals surface area (Å²) in [4.78, 5) is 13.6. The van der Waals surface area contributed by atoms with Gasteiger partial charge in [-0.25, -0.2) is 0 Å². The lowest BCUT2D eigenvalue weighted by Gasteiger charge is -2.36. The fourth-order valence-corrected chi connectivity index (χ4v) is 2.26. The van der Waals surface area contributed by atoms with Gasteiger partial charge in [0.2, 0.25) is 0 Å². The van der Waals surface area contributed by atoms with E-state index in [1.54, 1.807) is 4.90 Å². The Hall–Kier alpha value is -1.39. The standard InChI is InChI=1S/C13H17NO3/c1-9-4-3-5-10(2)13(9)14-11(6-15)7-17-8-12(14)16/h3-5,11,15H,6-8H2,1-2H3. The summed E-state index contributed by atoms with van der Waals surface area (Å²) in [6, 6.07) is 5.63. The molecule has 17 heavy (non-hydrogen) atoms. The molecule has 1 unspecified atom stereocenters. The van der Waals surface area contributed by atoms with Gasteiger partial charge in [-0.3, -0.25) is 4.79 Å². The van der Waals surface area contributed by atoms with Crippen LogP contribution >= 0.6 is 0 Å².